The lowest BCUT2D eigenvalue weighted by molar-refractivity contribution is -0.149. The Hall–Kier alpha value is -2.66. The molecule has 0 bridgehead atoms. The number of nitrogens with zero attached hydrogens (tertiary/aromatic N) is 2. The standard InChI is InChI=1S/C23H21IN2O6/c1-2-23(29)10-20(27)32-12-15-16(23)3-4-26(22(15)28)11-14-7-13-8-18-19(31-6-5-30-18)9-17(13)25-21(14)24/h3-4,7-9,29H,2,5-6,10-12H2,1H3. The minimum absolute atomic E-state index is 0.146. The van der Waals surface area contributed by atoms with Gasteiger partial charge in [0, 0.05) is 23.2 Å². The lowest BCUT2D eigenvalue weighted by Gasteiger charge is -2.25. The zero-order valence-electron chi connectivity index (χ0n) is 17.4. The molecular formula is C23H21IN2O6. The van der Waals surface area contributed by atoms with E-state index in [0.717, 1.165) is 20.2 Å². The third-order valence-corrected chi connectivity index (χ3v) is 6.95. The fraction of sp³-hybridized carbons (Fsp3) is 0.348. The van der Waals surface area contributed by atoms with Crippen LogP contribution >= 0.6 is 22.6 Å². The van der Waals surface area contributed by atoms with Crippen LogP contribution in [0.25, 0.3) is 10.9 Å². The van der Waals surface area contributed by atoms with E-state index in [1.165, 1.54) is 0 Å². The average Bonchev–Trinajstić information content (AvgIpc) is 2.91. The largest absolute Gasteiger partial charge is 0.486 e. The zero-order valence-corrected chi connectivity index (χ0v) is 19.5. The van der Waals surface area contributed by atoms with Crippen LogP contribution in [0.5, 0.6) is 11.5 Å². The summed E-state index contributed by atoms with van der Waals surface area (Å²) in [5.41, 5.74) is 0.738. The number of fused-ring (bicyclic) bond motifs is 3. The maximum absolute atomic E-state index is 13.2. The molecule has 5 rings (SSSR count). The molecule has 8 nitrogen and oxygen atoms in total. The molecule has 0 aliphatic carbocycles. The smallest absolute Gasteiger partial charge is 0.309 e. The second kappa shape index (κ2) is 8.04. The minimum Gasteiger partial charge on any atom is -0.486 e. The lowest BCUT2D eigenvalue weighted by Crippen LogP contribution is -2.32. The number of pyridine rings is 2. The summed E-state index contributed by atoms with van der Waals surface area (Å²) in [6, 6.07) is 7.47. The highest BCUT2D eigenvalue weighted by atomic mass is 127. The highest BCUT2D eigenvalue weighted by Gasteiger charge is 2.37. The van der Waals surface area contributed by atoms with E-state index in [0.29, 0.717) is 48.8 Å². The molecule has 0 amide bonds. The highest BCUT2D eigenvalue weighted by molar-refractivity contribution is 14.1. The minimum atomic E-state index is -1.40. The van der Waals surface area contributed by atoms with E-state index in [1.807, 2.05) is 18.2 Å². The van der Waals surface area contributed by atoms with Gasteiger partial charge in [0.05, 0.1) is 24.0 Å². The van der Waals surface area contributed by atoms with Crippen molar-refractivity contribution in [1.82, 2.24) is 9.55 Å². The van der Waals surface area contributed by atoms with Gasteiger partial charge in [-0.3, -0.25) is 9.59 Å². The molecule has 1 aromatic carbocycles. The van der Waals surface area contributed by atoms with E-state index < -0.39 is 11.6 Å². The topological polar surface area (TPSA) is 99.9 Å². The second-order valence-corrected chi connectivity index (χ2v) is 9.01. The molecule has 32 heavy (non-hydrogen) atoms. The summed E-state index contributed by atoms with van der Waals surface area (Å²) in [6.45, 7) is 2.94. The van der Waals surface area contributed by atoms with Crippen molar-refractivity contribution in [3.63, 3.8) is 0 Å². The van der Waals surface area contributed by atoms with Gasteiger partial charge in [-0.15, -0.1) is 0 Å². The number of hydrogen-bond donors (Lipinski definition) is 1. The first-order chi connectivity index (χ1) is 15.4. The summed E-state index contributed by atoms with van der Waals surface area (Å²) < 4.78 is 18.8. The Kier molecular flexibility index (Phi) is 5.32. The van der Waals surface area contributed by atoms with E-state index in [2.05, 4.69) is 27.6 Å². The van der Waals surface area contributed by atoms with Crippen LogP contribution in [0.15, 0.2) is 35.3 Å². The molecule has 1 atom stereocenters. The number of halogens is 1. The molecular weight excluding hydrogens is 527 g/mol. The van der Waals surface area contributed by atoms with Crippen molar-refractivity contribution >= 4 is 39.5 Å². The monoisotopic (exact) mass is 548 g/mol. The number of cyclic esters (lactones) is 1. The SMILES string of the molecule is CCC1(O)CC(=O)OCc2c1ccn(Cc1cc3cc4c(cc3nc1I)OCCO4)c2=O. The fourth-order valence-electron chi connectivity index (χ4n) is 4.20. The Bertz CT molecular complexity index is 1300. The summed E-state index contributed by atoms with van der Waals surface area (Å²) in [6.07, 6.45) is 1.80. The van der Waals surface area contributed by atoms with Gasteiger partial charge in [-0.05, 0) is 52.8 Å². The van der Waals surface area contributed by atoms with Crippen molar-refractivity contribution < 1.29 is 24.1 Å². The summed E-state index contributed by atoms with van der Waals surface area (Å²) in [7, 11) is 0. The molecule has 0 fully saturated rings. The fourth-order valence-corrected chi connectivity index (χ4v) is 4.79. The maximum Gasteiger partial charge on any atom is 0.309 e. The Morgan fingerprint density at radius 2 is 1.91 bits per heavy atom. The summed E-state index contributed by atoms with van der Waals surface area (Å²) in [5.74, 6) is 0.847. The van der Waals surface area contributed by atoms with Crippen LogP contribution in [0.1, 0.15) is 36.5 Å². The molecule has 9 heteroatoms. The molecule has 0 spiro atoms. The molecule has 2 aliphatic rings. The first-order valence-electron chi connectivity index (χ1n) is 10.4. The van der Waals surface area contributed by atoms with Gasteiger partial charge in [0.25, 0.3) is 5.56 Å². The Labute approximate surface area is 197 Å². The molecule has 0 saturated carbocycles. The number of aromatic nitrogens is 2. The van der Waals surface area contributed by atoms with Crippen LogP contribution < -0.4 is 15.0 Å². The van der Waals surface area contributed by atoms with Gasteiger partial charge >= 0.3 is 5.97 Å². The third-order valence-electron chi connectivity index (χ3n) is 6.01. The van der Waals surface area contributed by atoms with E-state index in [-0.39, 0.29) is 18.6 Å². The molecule has 2 aliphatic heterocycles. The summed E-state index contributed by atoms with van der Waals surface area (Å²) in [5, 5.41) is 11.9. The van der Waals surface area contributed by atoms with Crippen molar-refractivity contribution in [1.29, 1.82) is 0 Å². The number of carbonyl (C=O) groups excluding carboxylic acids is 1. The number of hydrogen-bond acceptors (Lipinski definition) is 7. The second-order valence-electron chi connectivity index (χ2n) is 7.99. The number of rotatable bonds is 3. The summed E-state index contributed by atoms with van der Waals surface area (Å²) >= 11 is 2.16. The van der Waals surface area contributed by atoms with Gasteiger partial charge < -0.3 is 23.9 Å². The van der Waals surface area contributed by atoms with E-state index in [1.54, 1.807) is 23.8 Å². The molecule has 1 unspecified atom stereocenters. The maximum atomic E-state index is 13.2. The van der Waals surface area contributed by atoms with E-state index in [4.69, 9.17) is 14.2 Å². The number of aliphatic hydroxyl groups is 1. The van der Waals surface area contributed by atoms with Gasteiger partial charge in [0.15, 0.2) is 11.5 Å². The molecule has 0 radical (unpaired) electrons. The van der Waals surface area contributed by atoms with E-state index >= 15 is 0 Å². The molecule has 0 saturated heterocycles. The van der Waals surface area contributed by atoms with Crippen molar-refractivity contribution in [3.05, 3.63) is 61.2 Å². The molecule has 4 heterocycles. The van der Waals surface area contributed by atoms with Crippen molar-refractivity contribution in [2.45, 2.75) is 38.5 Å². The van der Waals surface area contributed by atoms with Crippen LogP contribution in [-0.4, -0.2) is 33.8 Å². The Morgan fingerprint density at radius 1 is 1.16 bits per heavy atom. The summed E-state index contributed by atoms with van der Waals surface area (Å²) in [4.78, 5) is 29.9. The molecule has 3 aromatic rings. The zero-order chi connectivity index (χ0) is 22.5. The van der Waals surface area contributed by atoms with Crippen LogP contribution in [0.3, 0.4) is 0 Å². The van der Waals surface area contributed by atoms with Crippen molar-refractivity contribution in [2.75, 3.05) is 13.2 Å². The van der Waals surface area contributed by atoms with Crippen LogP contribution in [0.2, 0.25) is 0 Å². The predicted octanol–water partition coefficient (Wildman–Crippen LogP) is 2.87. The number of benzene rings is 1. The predicted molar refractivity (Wildman–Crippen MR) is 124 cm³/mol. The third kappa shape index (κ3) is 3.62. The van der Waals surface area contributed by atoms with Gasteiger partial charge in [-0.25, -0.2) is 4.98 Å². The van der Waals surface area contributed by atoms with Crippen LogP contribution in [-0.2, 0) is 28.3 Å². The van der Waals surface area contributed by atoms with Gasteiger partial charge in [-0.2, -0.15) is 0 Å². The van der Waals surface area contributed by atoms with Gasteiger partial charge in [0.2, 0.25) is 0 Å². The Balaban J connectivity index is 1.55. The quantitative estimate of drug-likeness (QED) is 0.305. The van der Waals surface area contributed by atoms with Crippen molar-refractivity contribution in [2.24, 2.45) is 0 Å². The molecule has 166 valence electrons. The van der Waals surface area contributed by atoms with Gasteiger partial charge in [-0.1, -0.05) is 6.92 Å². The van der Waals surface area contributed by atoms with Crippen LogP contribution in [0.4, 0.5) is 0 Å². The first kappa shape index (κ1) is 21.2. The van der Waals surface area contributed by atoms with Crippen LogP contribution in [0, 0.1) is 3.70 Å². The molecule has 1 N–H and O–H groups in total. The number of esters is 1. The number of carbonyl (C=O) groups is 1. The normalized spacial score (nSPS) is 19.9. The number of ether oxygens (including phenoxy) is 3. The van der Waals surface area contributed by atoms with Gasteiger partial charge in [0.1, 0.15) is 29.1 Å². The van der Waals surface area contributed by atoms with Crippen molar-refractivity contribution in [3.8, 4) is 11.5 Å². The molecule has 2 aromatic heterocycles. The van der Waals surface area contributed by atoms with E-state index in [9.17, 15) is 14.7 Å². The average molecular weight is 548 g/mol. The first-order valence-corrected chi connectivity index (χ1v) is 11.5. The highest BCUT2D eigenvalue weighted by Crippen LogP contribution is 2.35. The lowest BCUT2D eigenvalue weighted by atomic mass is 9.86. The Morgan fingerprint density at radius 3 is 2.66 bits per heavy atom.